The van der Waals surface area contributed by atoms with Gasteiger partial charge in [-0.3, -0.25) is 22.9 Å². The van der Waals surface area contributed by atoms with Crippen LogP contribution in [0.5, 0.6) is 0 Å². The minimum atomic E-state index is -5.58. The maximum Gasteiger partial charge on any atom is 0.481 e. The summed E-state index contributed by atoms with van der Waals surface area (Å²) >= 11 is 0. The number of rotatable bonds is 17. The van der Waals surface area contributed by atoms with E-state index in [-0.39, 0.29) is 28.5 Å². The molecule has 0 aromatic carbocycles. The van der Waals surface area contributed by atoms with Gasteiger partial charge in [-0.15, -0.1) is 0 Å². The molecule has 2 saturated heterocycles. The molecule has 1 amide bonds. The summed E-state index contributed by atoms with van der Waals surface area (Å²) in [5, 5.41) is 44.3. The van der Waals surface area contributed by atoms with Gasteiger partial charge in [0.2, 0.25) is 5.91 Å². The number of carbonyl (C=O) groups excluding carboxylic acids is 1. The number of nitrogen functional groups attached to an aromatic ring is 1. The Kier molecular flexibility index (Phi) is 13.2. The third kappa shape index (κ3) is 10.7. The van der Waals surface area contributed by atoms with E-state index in [9.17, 15) is 63.3 Å². The van der Waals surface area contributed by atoms with Crippen LogP contribution in [-0.4, -0.2) is 128 Å². The van der Waals surface area contributed by atoms with E-state index in [0.717, 1.165) is 28.0 Å². The van der Waals surface area contributed by atoms with Gasteiger partial charge in [0, 0.05) is 19.0 Å². The van der Waals surface area contributed by atoms with Crippen LogP contribution in [0.2, 0.25) is 0 Å². The van der Waals surface area contributed by atoms with Crippen molar-refractivity contribution in [3.8, 4) is 0 Å². The van der Waals surface area contributed by atoms with Crippen LogP contribution in [0, 0.1) is 0 Å². The summed E-state index contributed by atoms with van der Waals surface area (Å²) in [5.74, 6) is -1.65. The minimum absolute atomic E-state index is 0.0114. The van der Waals surface area contributed by atoms with Crippen molar-refractivity contribution in [2.45, 2.75) is 68.8 Å². The van der Waals surface area contributed by atoms with Gasteiger partial charge in [-0.25, -0.2) is 33.4 Å². The maximum absolute atomic E-state index is 12.7. The first-order valence-electron chi connectivity index (χ1n) is 15.8. The zero-order valence-electron chi connectivity index (χ0n) is 28.3. The number of aromatic carboxylic acids is 1. The molecule has 2 fully saturated rings. The molecular weight excluding hydrogens is 807 g/mol. The highest BCUT2D eigenvalue weighted by Gasteiger charge is 2.51. The predicted molar refractivity (Wildman–Crippen MR) is 176 cm³/mol. The van der Waals surface area contributed by atoms with E-state index in [1.54, 1.807) is 0 Å². The standard InChI is InChI=1S/C26H36N7O19P3/c1-12(34)28-4-2-3-13-5-14(26(38)39)7-32(6-13)24-20(37)18(35)15(49-24)8-47-54(43,44)52-55(45,46)48-9-16-19(36)21(51-53(40,41)42)25(50-16)33-11-31-17-22(27)29-10-30-23(17)33/h5-7,10-11,15-16,18-21,24-25,35-37H,2-4,8-9H2,1H3,(H7-,27,28,29,30,34,38,39,40,41,42,43,44,45,46)/p+1/t15-,16+,18-,19+,20-,21+,24-,25+/m0/s1. The number of carbonyl (C=O) groups is 2. The lowest BCUT2D eigenvalue weighted by Crippen LogP contribution is -2.46. The zero-order valence-corrected chi connectivity index (χ0v) is 30.9. The van der Waals surface area contributed by atoms with Crippen LogP contribution in [0.15, 0.2) is 31.1 Å². The quantitative estimate of drug-likeness (QED) is 0.0390. The molecule has 304 valence electrons. The number of aryl methyl sites for hydroxylation is 1. The SMILES string of the molecule is CC(=O)NCCCc1cc(C(=O)O)c[n+]([C@H]2O[C@@H](COP(=O)(O)OP(=O)(O)OC[C@H]3O[C@@H](n4cnc5c(N)ncnc54)[C@H](OP(=O)(O)O)[C@@H]3O)[C@H](O)[C@@H]2O)c1. The number of aliphatic hydroxyl groups is 3. The van der Waals surface area contributed by atoms with Crippen molar-refractivity contribution in [1.29, 1.82) is 0 Å². The number of hydrogen-bond acceptors (Lipinski definition) is 18. The highest BCUT2D eigenvalue weighted by atomic mass is 31.3. The van der Waals surface area contributed by atoms with E-state index in [0.29, 0.717) is 24.9 Å². The fourth-order valence-corrected chi connectivity index (χ4v) is 8.29. The molecule has 0 bridgehead atoms. The van der Waals surface area contributed by atoms with Crippen molar-refractivity contribution in [3.63, 3.8) is 0 Å². The molecule has 3 aromatic heterocycles. The van der Waals surface area contributed by atoms with Gasteiger partial charge in [0.05, 0.1) is 19.5 Å². The molecule has 0 saturated carbocycles. The van der Waals surface area contributed by atoms with Crippen LogP contribution in [0.1, 0.15) is 41.7 Å². The molecule has 0 spiro atoms. The largest absolute Gasteiger partial charge is 0.481 e. The lowest BCUT2D eigenvalue weighted by Gasteiger charge is -2.22. The van der Waals surface area contributed by atoms with Crippen molar-refractivity contribution in [3.05, 3.63) is 42.2 Å². The maximum atomic E-state index is 12.7. The highest BCUT2D eigenvalue weighted by molar-refractivity contribution is 7.61. The van der Waals surface area contributed by atoms with E-state index in [4.69, 9.17) is 28.8 Å². The number of pyridine rings is 1. The molecule has 5 heterocycles. The molecule has 2 unspecified atom stereocenters. The van der Waals surface area contributed by atoms with Crippen LogP contribution in [0.25, 0.3) is 11.2 Å². The van der Waals surface area contributed by atoms with Gasteiger partial charge >= 0.3 is 29.4 Å². The first-order chi connectivity index (χ1) is 25.6. The van der Waals surface area contributed by atoms with Crippen molar-refractivity contribution in [1.82, 2.24) is 24.8 Å². The molecule has 2 aliphatic heterocycles. The molecule has 55 heavy (non-hydrogen) atoms. The minimum Gasteiger partial charge on any atom is -0.477 e. The molecule has 2 aliphatic rings. The van der Waals surface area contributed by atoms with Crippen LogP contribution in [0.3, 0.4) is 0 Å². The summed E-state index contributed by atoms with van der Waals surface area (Å²) in [5.41, 5.74) is 6.07. The first-order valence-corrected chi connectivity index (χ1v) is 20.4. The van der Waals surface area contributed by atoms with Crippen molar-refractivity contribution in [2.24, 2.45) is 0 Å². The molecule has 3 aromatic rings. The number of aromatic nitrogens is 5. The zero-order chi connectivity index (χ0) is 40.5. The average molecular weight is 845 g/mol. The van der Waals surface area contributed by atoms with Gasteiger partial charge in [-0.05, 0) is 18.9 Å². The molecule has 5 rings (SSSR count). The number of imidazole rings is 1. The second kappa shape index (κ2) is 17.0. The van der Waals surface area contributed by atoms with E-state index in [1.165, 1.54) is 19.2 Å². The Morgan fingerprint density at radius 3 is 2.24 bits per heavy atom. The molecule has 26 nitrogen and oxygen atoms in total. The molecule has 11 N–H and O–H groups in total. The Hall–Kier alpha value is -3.39. The van der Waals surface area contributed by atoms with E-state index >= 15 is 0 Å². The van der Waals surface area contributed by atoms with Gasteiger partial charge in [-0.1, -0.05) is 0 Å². The Bertz CT molecular complexity index is 2030. The van der Waals surface area contributed by atoms with Gasteiger partial charge in [0.1, 0.15) is 47.9 Å². The smallest absolute Gasteiger partial charge is 0.477 e. The monoisotopic (exact) mass is 844 g/mol. The number of phosphoric acid groups is 3. The third-order valence-electron chi connectivity index (χ3n) is 8.08. The molecule has 10 atom stereocenters. The normalized spacial score (nSPS) is 27.9. The number of ether oxygens (including phenoxy) is 2. The fraction of sp³-hybridized carbons (Fsp3) is 0.538. The average Bonchev–Trinajstić information content (AvgIpc) is 3.73. The van der Waals surface area contributed by atoms with Crippen LogP contribution in [-0.2, 0) is 52.3 Å². The molecule has 0 radical (unpaired) electrons. The summed E-state index contributed by atoms with van der Waals surface area (Å²) in [6.45, 7) is -0.492. The lowest BCUT2D eigenvalue weighted by atomic mass is 10.1. The lowest BCUT2D eigenvalue weighted by molar-refractivity contribution is -0.766. The van der Waals surface area contributed by atoms with Gasteiger partial charge < -0.3 is 60.5 Å². The molecule has 0 aliphatic carbocycles. The Balaban J connectivity index is 1.20. The number of nitrogens with two attached hydrogens (primary N) is 1. The Morgan fingerprint density at radius 1 is 0.964 bits per heavy atom. The number of carboxylic acid groups (broad SMARTS) is 1. The summed E-state index contributed by atoms with van der Waals surface area (Å²) in [6, 6.07) is 1.36. The molecule has 29 heteroatoms. The van der Waals surface area contributed by atoms with Gasteiger partial charge in [0.15, 0.2) is 36.2 Å². The number of carboxylic acids is 1. The second-order valence-corrected chi connectivity index (χ2v) is 16.4. The van der Waals surface area contributed by atoms with Gasteiger partial charge in [0.25, 0.3) is 6.23 Å². The van der Waals surface area contributed by atoms with Crippen molar-refractivity contribution >= 4 is 52.3 Å². The fourth-order valence-electron chi connectivity index (χ4n) is 5.66. The Labute approximate surface area is 308 Å². The number of nitrogens with zero attached hydrogens (tertiary/aromatic N) is 5. The Morgan fingerprint density at radius 2 is 1.62 bits per heavy atom. The number of anilines is 1. The topological polar surface area (TPSA) is 388 Å². The number of nitrogens with one attached hydrogen (secondary N) is 1. The number of amides is 1. The van der Waals surface area contributed by atoms with Crippen molar-refractivity contribution in [2.75, 3.05) is 25.5 Å². The third-order valence-corrected chi connectivity index (χ3v) is 11.2. The summed E-state index contributed by atoms with van der Waals surface area (Å²) < 4.78 is 68.9. The van der Waals surface area contributed by atoms with E-state index < -0.39 is 91.7 Å². The number of fused-ring (bicyclic) bond motifs is 1. The number of hydrogen-bond donors (Lipinski definition) is 10. The first kappa shape index (κ1) is 42.7. The predicted octanol–water partition coefficient (Wildman–Crippen LogP) is -2.23. The van der Waals surface area contributed by atoms with Crippen molar-refractivity contribution < 1.29 is 95.2 Å². The number of phosphoric ester groups is 3. The van der Waals surface area contributed by atoms with Crippen LogP contribution < -0.4 is 15.6 Å². The van der Waals surface area contributed by atoms with Crippen LogP contribution in [0.4, 0.5) is 5.82 Å². The second-order valence-electron chi connectivity index (χ2n) is 12.1. The van der Waals surface area contributed by atoms with Crippen LogP contribution >= 0.6 is 23.5 Å². The number of aliphatic hydroxyl groups excluding tert-OH is 3. The molecular formula is C26H37N7O19P3+. The summed E-state index contributed by atoms with van der Waals surface area (Å²) in [4.78, 5) is 73.9. The summed E-state index contributed by atoms with van der Waals surface area (Å²) in [6.07, 6.45) is -8.26. The highest BCUT2D eigenvalue weighted by Crippen LogP contribution is 2.61. The summed E-state index contributed by atoms with van der Waals surface area (Å²) in [7, 11) is -16.4. The van der Waals surface area contributed by atoms with E-state index in [2.05, 4.69) is 24.6 Å². The van der Waals surface area contributed by atoms with E-state index in [1.807, 2.05) is 0 Å². The van der Waals surface area contributed by atoms with Gasteiger partial charge in [-0.2, -0.15) is 8.88 Å².